The van der Waals surface area contributed by atoms with Crippen LogP contribution in [0, 0.1) is 6.92 Å². The van der Waals surface area contributed by atoms with E-state index in [2.05, 4.69) is 16.0 Å². The Balaban J connectivity index is 2.34. The molecule has 152 valence electrons. The number of anilines is 1. The van der Waals surface area contributed by atoms with Crippen LogP contribution in [0.2, 0.25) is 0 Å². The average molecular weight is 393 g/mol. The zero-order valence-corrected chi connectivity index (χ0v) is 17.4. The topological polar surface area (TPSA) is 87.3 Å². The van der Waals surface area contributed by atoms with Gasteiger partial charge in [0.25, 0.3) is 11.8 Å². The lowest BCUT2D eigenvalue weighted by atomic mass is 10.1. The van der Waals surface area contributed by atoms with Crippen molar-refractivity contribution in [3.8, 4) is 0 Å². The molecule has 6 heteroatoms. The normalized spacial score (nSPS) is 11.6. The Kier molecular flexibility index (Phi) is 6.93. The van der Waals surface area contributed by atoms with Crippen LogP contribution >= 0.6 is 0 Å². The molecule has 0 aliphatic rings. The van der Waals surface area contributed by atoms with Gasteiger partial charge in [-0.2, -0.15) is 0 Å². The second-order valence-electron chi connectivity index (χ2n) is 7.80. The first-order valence-corrected chi connectivity index (χ1v) is 9.34. The van der Waals surface area contributed by atoms with Crippen LogP contribution in [0.15, 0.2) is 54.2 Å². The Morgan fingerprint density at radius 2 is 1.55 bits per heavy atom. The van der Waals surface area contributed by atoms with Gasteiger partial charge in [-0.25, -0.2) is 0 Å². The third-order valence-corrected chi connectivity index (χ3v) is 3.95. The first-order valence-electron chi connectivity index (χ1n) is 9.34. The molecule has 6 nitrogen and oxygen atoms in total. The molecule has 3 amide bonds. The van der Waals surface area contributed by atoms with Crippen LogP contribution in [0.3, 0.4) is 0 Å². The number of carbonyl (C=O) groups excluding carboxylic acids is 3. The number of hydrogen-bond donors (Lipinski definition) is 3. The summed E-state index contributed by atoms with van der Waals surface area (Å²) in [4.78, 5) is 37.1. The molecule has 0 atom stereocenters. The largest absolute Gasteiger partial charge is 0.347 e. The molecule has 0 unspecified atom stereocenters. The van der Waals surface area contributed by atoms with Crippen LogP contribution in [0.25, 0.3) is 6.08 Å². The van der Waals surface area contributed by atoms with Gasteiger partial charge in [-0.1, -0.05) is 36.4 Å². The second kappa shape index (κ2) is 9.19. The summed E-state index contributed by atoms with van der Waals surface area (Å²) in [7, 11) is 0. The highest BCUT2D eigenvalue weighted by Gasteiger charge is 2.20. The van der Waals surface area contributed by atoms with Crippen LogP contribution in [-0.4, -0.2) is 23.3 Å². The van der Waals surface area contributed by atoms with Crippen molar-refractivity contribution in [1.82, 2.24) is 10.6 Å². The maximum atomic E-state index is 12.9. The minimum atomic E-state index is -0.514. The van der Waals surface area contributed by atoms with Crippen LogP contribution < -0.4 is 16.0 Å². The van der Waals surface area contributed by atoms with Gasteiger partial charge in [0.1, 0.15) is 5.70 Å². The highest BCUT2D eigenvalue weighted by Crippen LogP contribution is 2.18. The molecule has 0 saturated carbocycles. The molecule has 0 aliphatic carbocycles. The van der Waals surface area contributed by atoms with Gasteiger partial charge in [0.15, 0.2) is 0 Å². The van der Waals surface area contributed by atoms with E-state index >= 15 is 0 Å². The number of amides is 3. The molecule has 0 spiro atoms. The standard InChI is InChI=1S/C23H27N3O3/c1-15-10-6-7-11-17(15)14-20(24-16(2)27)22(29)25-19-13-9-8-12-18(19)21(28)26-23(3,4)5/h6-14H,1-5H3,(H,24,27)(H,25,29)(H,26,28)/b20-14-. The number of rotatable bonds is 5. The summed E-state index contributed by atoms with van der Waals surface area (Å²) in [5, 5.41) is 8.19. The Labute approximate surface area is 171 Å². The zero-order valence-electron chi connectivity index (χ0n) is 17.4. The van der Waals surface area contributed by atoms with Crippen molar-refractivity contribution in [1.29, 1.82) is 0 Å². The second-order valence-corrected chi connectivity index (χ2v) is 7.80. The fourth-order valence-electron chi connectivity index (χ4n) is 2.64. The third kappa shape index (κ3) is 6.60. The SMILES string of the molecule is CC(=O)N/C(=C\c1ccccc1C)C(=O)Nc1ccccc1C(=O)NC(C)(C)C. The third-order valence-electron chi connectivity index (χ3n) is 3.95. The number of nitrogens with one attached hydrogen (secondary N) is 3. The first kappa shape index (κ1) is 21.9. The van der Waals surface area contributed by atoms with Crippen LogP contribution in [-0.2, 0) is 9.59 Å². The number of para-hydroxylation sites is 1. The van der Waals surface area contributed by atoms with E-state index in [9.17, 15) is 14.4 Å². The Morgan fingerprint density at radius 1 is 0.931 bits per heavy atom. The Hall–Kier alpha value is -3.41. The molecule has 2 aromatic carbocycles. The highest BCUT2D eigenvalue weighted by atomic mass is 16.2. The van der Waals surface area contributed by atoms with Crippen molar-refractivity contribution in [2.45, 2.75) is 40.2 Å². The van der Waals surface area contributed by atoms with Gasteiger partial charge in [-0.05, 0) is 57.0 Å². The summed E-state index contributed by atoms with van der Waals surface area (Å²) < 4.78 is 0. The molecule has 29 heavy (non-hydrogen) atoms. The van der Waals surface area contributed by atoms with Crippen molar-refractivity contribution in [2.24, 2.45) is 0 Å². The van der Waals surface area contributed by atoms with Crippen LogP contribution in [0.4, 0.5) is 5.69 Å². The summed E-state index contributed by atoms with van der Waals surface area (Å²) in [5.41, 5.74) is 2.16. The number of carbonyl (C=O) groups is 3. The van der Waals surface area contributed by atoms with E-state index in [1.807, 2.05) is 52.0 Å². The van der Waals surface area contributed by atoms with Crippen molar-refractivity contribution in [2.75, 3.05) is 5.32 Å². The minimum Gasteiger partial charge on any atom is -0.347 e. The number of aryl methyl sites for hydroxylation is 1. The predicted molar refractivity (Wildman–Crippen MR) is 115 cm³/mol. The fraction of sp³-hybridized carbons (Fsp3) is 0.261. The zero-order chi connectivity index (χ0) is 21.6. The van der Waals surface area contributed by atoms with Crippen molar-refractivity contribution in [3.63, 3.8) is 0 Å². The summed E-state index contributed by atoms with van der Waals surface area (Å²) in [6.45, 7) is 8.90. The molecule has 2 aromatic rings. The van der Waals surface area contributed by atoms with E-state index in [1.165, 1.54) is 6.92 Å². The summed E-state index contributed by atoms with van der Waals surface area (Å²) >= 11 is 0. The Bertz CT molecular complexity index is 956. The molecule has 0 radical (unpaired) electrons. The molecule has 0 bridgehead atoms. The smallest absolute Gasteiger partial charge is 0.272 e. The predicted octanol–water partition coefficient (Wildman–Crippen LogP) is 3.64. The average Bonchev–Trinajstić information content (AvgIpc) is 2.61. The van der Waals surface area contributed by atoms with E-state index in [1.54, 1.807) is 30.3 Å². The fourth-order valence-corrected chi connectivity index (χ4v) is 2.64. The van der Waals surface area contributed by atoms with Gasteiger partial charge in [-0.15, -0.1) is 0 Å². The van der Waals surface area contributed by atoms with Crippen LogP contribution in [0.5, 0.6) is 0 Å². The minimum absolute atomic E-state index is 0.0952. The summed E-state index contributed by atoms with van der Waals surface area (Å²) in [6, 6.07) is 14.3. The monoisotopic (exact) mass is 393 g/mol. The molecular formula is C23H27N3O3. The van der Waals surface area contributed by atoms with Gasteiger partial charge < -0.3 is 16.0 Å². The molecule has 0 aliphatic heterocycles. The van der Waals surface area contributed by atoms with E-state index in [-0.39, 0.29) is 17.5 Å². The van der Waals surface area contributed by atoms with Gasteiger partial charge in [0, 0.05) is 12.5 Å². The van der Waals surface area contributed by atoms with Crippen molar-refractivity contribution < 1.29 is 14.4 Å². The summed E-state index contributed by atoms with van der Waals surface area (Å²) in [6.07, 6.45) is 1.61. The van der Waals surface area contributed by atoms with E-state index < -0.39 is 11.4 Å². The number of benzene rings is 2. The van der Waals surface area contributed by atoms with Crippen molar-refractivity contribution in [3.05, 3.63) is 70.9 Å². The van der Waals surface area contributed by atoms with E-state index in [4.69, 9.17) is 0 Å². The first-order chi connectivity index (χ1) is 13.6. The van der Waals surface area contributed by atoms with E-state index in [0.29, 0.717) is 11.3 Å². The number of hydrogen-bond acceptors (Lipinski definition) is 3. The van der Waals surface area contributed by atoms with Gasteiger partial charge in [0.05, 0.1) is 11.3 Å². The summed E-state index contributed by atoms with van der Waals surface area (Å²) in [5.74, 6) is -1.17. The van der Waals surface area contributed by atoms with Gasteiger partial charge >= 0.3 is 0 Å². The lowest BCUT2D eigenvalue weighted by molar-refractivity contribution is -0.120. The lowest BCUT2D eigenvalue weighted by Gasteiger charge is -2.21. The lowest BCUT2D eigenvalue weighted by Crippen LogP contribution is -2.41. The maximum absolute atomic E-state index is 12.9. The molecule has 3 N–H and O–H groups in total. The van der Waals surface area contributed by atoms with Crippen molar-refractivity contribution >= 4 is 29.5 Å². The quantitative estimate of drug-likeness (QED) is 0.678. The highest BCUT2D eigenvalue weighted by molar-refractivity contribution is 6.11. The maximum Gasteiger partial charge on any atom is 0.272 e. The van der Waals surface area contributed by atoms with Gasteiger partial charge in [0.2, 0.25) is 5.91 Å². The molecule has 0 aromatic heterocycles. The van der Waals surface area contributed by atoms with Gasteiger partial charge in [-0.3, -0.25) is 14.4 Å². The van der Waals surface area contributed by atoms with Crippen LogP contribution in [0.1, 0.15) is 49.2 Å². The molecule has 0 heterocycles. The van der Waals surface area contributed by atoms with E-state index in [0.717, 1.165) is 11.1 Å². The molecule has 0 fully saturated rings. The Morgan fingerprint density at radius 3 is 2.17 bits per heavy atom. The molecular weight excluding hydrogens is 366 g/mol. The molecule has 2 rings (SSSR count). The molecule has 0 saturated heterocycles.